The molecule has 0 bridgehead atoms. The monoisotopic (exact) mass is 207 g/mol. The zero-order valence-corrected chi connectivity index (χ0v) is 10.4. The molecule has 0 saturated heterocycles. The van der Waals surface area contributed by atoms with Crippen molar-refractivity contribution in [1.29, 1.82) is 0 Å². The topological polar surface area (TPSA) is 26.0 Å². The van der Waals surface area contributed by atoms with E-state index < -0.39 is 0 Å². The van der Waals surface area contributed by atoms with Crippen molar-refractivity contribution in [2.75, 3.05) is 0 Å². The van der Waals surface area contributed by atoms with Crippen LogP contribution in [0.3, 0.4) is 0 Å². The summed E-state index contributed by atoms with van der Waals surface area (Å²) < 4.78 is 0. The lowest BCUT2D eigenvalue weighted by Gasteiger charge is -2.15. The van der Waals surface area contributed by atoms with E-state index in [1.54, 1.807) is 0 Å². The summed E-state index contributed by atoms with van der Waals surface area (Å²) >= 11 is 0. The molecule has 0 spiro atoms. The van der Waals surface area contributed by atoms with E-state index in [2.05, 4.69) is 26.5 Å². The van der Waals surface area contributed by atoms with Crippen LogP contribution in [0.25, 0.3) is 0 Å². The summed E-state index contributed by atoms with van der Waals surface area (Å²) in [5, 5.41) is 0. The Morgan fingerprint density at radius 3 is 2.20 bits per heavy atom. The summed E-state index contributed by atoms with van der Waals surface area (Å²) in [6.45, 7) is 10.5. The molecule has 15 heavy (non-hydrogen) atoms. The van der Waals surface area contributed by atoms with Crippen LogP contribution >= 0.6 is 0 Å². The van der Waals surface area contributed by atoms with Crippen LogP contribution in [-0.2, 0) is 0 Å². The van der Waals surface area contributed by atoms with Crippen LogP contribution in [0.5, 0.6) is 0 Å². The Labute approximate surface area is 94.8 Å². The standard InChI is InChI=1S/C14H25N/c1-5-8-14(9-6-2)12(3)10-7-11-13(4)15/h7,10-11,14H,3,5-6,8-9,15H2,1-2,4H3/b10-7-,13-11+. The van der Waals surface area contributed by atoms with Gasteiger partial charge >= 0.3 is 0 Å². The quantitative estimate of drug-likeness (QED) is 0.623. The maximum absolute atomic E-state index is 5.55. The SMILES string of the molecule is C=C(/C=C\C=C(/C)N)C(CCC)CCC. The second kappa shape index (κ2) is 8.34. The van der Waals surface area contributed by atoms with Crippen LogP contribution in [-0.4, -0.2) is 0 Å². The van der Waals surface area contributed by atoms with E-state index in [1.165, 1.54) is 31.3 Å². The third-order valence-corrected chi connectivity index (χ3v) is 2.47. The van der Waals surface area contributed by atoms with Gasteiger partial charge in [-0.3, -0.25) is 0 Å². The van der Waals surface area contributed by atoms with Crippen molar-refractivity contribution in [3.8, 4) is 0 Å². The van der Waals surface area contributed by atoms with Crippen LogP contribution < -0.4 is 5.73 Å². The van der Waals surface area contributed by atoms with E-state index >= 15 is 0 Å². The van der Waals surface area contributed by atoms with Gasteiger partial charge in [-0.15, -0.1) is 0 Å². The molecule has 0 amide bonds. The first-order valence-corrected chi connectivity index (χ1v) is 5.91. The van der Waals surface area contributed by atoms with E-state index in [9.17, 15) is 0 Å². The molecule has 0 heterocycles. The molecular weight excluding hydrogens is 182 g/mol. The lowest BCUT2D eigenvalue weighted by atomic mass is 9.91. The molecule has 0 fully saturated rings. The highest BCUT2D eigenvalue weighted by Crippen LogP contribution is 2.22. The third-order valence-electron chi connectivity index (χ3n) is 2.47. The van der Waals surface area contributed by atoms with Crippen LogP contribution in [0.2, 0.25) is 0 Å². The van der Waals surface area contributed by atoms with E-state index in [1.807, 2.05) is 19.1 Å². The van der Waals surface area contributed by atoms with Crippen molar-refractivity contribution in [3.63, 3.8) is 0 Å². The minimum Gasteiger partial charge on any atom is -0.402 e. The molecule has 0 aromatic carbocycles. The highest BCUT2D eigenvalue weighted by Gasteiger charge is 2.07. The molecule has 0 rings (SSSR count). The van der Waals surface area contributed by atoms with Gasteiger partial charge in [0.2, 0.25) is 0 Å². The summed E-state index contributed by atoms with van der Waals surface area (Å²) in [4.78, 5) is 0. The van der Waals surface area contributed by atoms with Crippen molar-refractivity contribution >= 4 is 0 Å². The lowest BCUT2D eigenvalue weighted by molar-refractivity contribution is 0.514. The third kappa shape index (κ3) is 7.01. The summed E-state index contributed by atoms with van der Waals surface area (Å²) in [6.07, 6.45) is 10.9. The van der Waals surface area contributed by atoms with Gasteiger partial charge in [0, 0.05) is 5.70 Å². The predicted molar refractivity (Wildman–Crippen MR) is 69.5 cm³/mol. The molecule has 0 radical (unpaired) electrons. The van der Waals surface area contributed by atoms with Crippen molar-refractivity contribution in [2.45, 2.75) is 46.5 Å². The van der Waals surface area contributed by atoms with E-state index in [-0.39, 0.29) is 0 Å². The number of hydrogen-bond acceptors (Lipinski definition) is 1. The molecule has 0 aromatic rings. The predicted octanol–water partition coefficient (Wildman–Crippen LogP) is 4.18. The van der Waals surface area contributed by atoms with Gasteiger partial charge in [-0.25, -0.2) is 0 Å². The fourth-order valence-corrected chi connectivity index (χ4v) is 1.67. The molecule has 0 saturated carbocycles. The number of nitrogens with two attached hydrogens (primary N) is 1. The minimum atomic E-state index is 0.641. The Morgan fingerprint density at radius 2 is 1.80 bits per heavy atom. The minimum absolute atomic E-state index is 0.641. The number of hydrogen-bond donors (Lipinski definition) is 1. The molecule has 0 unspecified atom stereocenters. The Kier molecular flexibility index (Phi) is 7.79. The molecule has 0 aliphatic carbocycles. The van der Waals surface area contributed by atoms with Gasteiger partial charge < -0.3 is 5.73 Å². The van der Waals surface area contributed by atoms with Gasteiger partial charge in [-0.05, 0) is 31.8 Å². The zero-order chi connectivity index (χ0) is 11.7. The van der Waals surface area contributed by atoms with Gasteiger partial charge in [0.15, 0.2) is 0 Å². The Bertz CT molecular complexity index is 226. The molecule has 1 heteroatoms. The highest BCUT2D eigenvalue weighted by atomic mass is 14.5. The van der Waals surface area contributed by atoms with Crippen LogP contribution in [0.15, 0.2) is 36.1 Å². The molecule has 0 atom stereocenters. The van der Waals surface area contributed by atoms with E-state index in [0.717, 1.165) is 5.70 Å². The Balaban J connectivity index is 4.24. The molecule has 0 aliphatic rings. The first-order valence-electron chi connectivity index (χ1n) is 5.91. The van der Waals surface area contributed by atoms with Crippen LogP contribution in [0.1, 0.15) is 46.5 Å². The second-order valence-electron chi connectivity index (χ2n) is 4.12. The fourth-order valence-electron chi connectivity index (χ4n) is 1.67. The Hall–Kier alpha value is -0.980. The summed E-state index contributed by atoms with van der Waals surface area (Å²) in [7, 11) is 0. The van der Waals surface area contributed by atoms with Gasteiger partial charge in [-0.2, -0.15) is 0 Å². The molecule has 86 valence electrons. The highest BCUT2D eigenvalue weighted by molar-refractivity contribution is 5.22. The summed E-state index contributed by atoms with van der Waals surface area (Å²) in [5.74, 6) is 0.641. The maximum atomic E-state index is 5.55. The Morgan fingerprint density at radius 1 is 1.27 bits per heavy atom. The van der Waals surface area contributed by atoms with Crippen molar-refractivity contribution in [3.05, 3.63) is 36.1 Å². The molecule has 2 N–H and O–H groups in total. The fraction of sp³-hybridized carbons (Fsp3) is 0.571. The maximum Gasteiger partial charge on any atom is 0.00488 e. The first kappa shape index (κ1) is 14.0. The normalized spacial score (nSPS) is 12.7. The van der Waals surface area contributed by atoms with Crippen molar-refractivity contribution < 1.29 is 0 Å². The van der Waals surface area contributed by atoms with Crippen LogP contribution in [0.4, 0.5) is 0 Å². The van der Waals surface area contributed by atoms with Crippen LogP contribution in [0, 0.1) is 5.92 Å². The second-order valence-corrected chi connectivity index (χ2v) is 4.12. The van der Waals surface area contributed by atoms with E-state index in [4.69, 9.17) is 5.73 Å². The first-order chi connectivity index (χ1) is 7.11. The van der Waals surface area contributed by atoms with E-state index in [0.29, 0.717) is 5.92 Å². The largest absolute Gasteiger partial charge is 0.402 e. The summed E-state index contributed by atoms with van der Waals surface area (Å²) in [6, 6.07) is 0. The van der Waals surface area contributed by atoms with Gasteiger partial charge in [0.25, 0.3) is 0 Å². The van der Waals surface area contributed by atoms with Gasteiger partial charge in [0.05, 0.1) is 0 Å². The molecule has 1 nitrogen and oxygen atoms in total. The smallest absolute Gasteiger partial charge is 0.00488 e. The average Bonchev–Trinajstić information content (AvgIpc) is 2.16. The summed E-state index contributed by atoms with van der Waals surface area (Å²) in [5.41, 5.74) is 7.62. The number of rotatable bonds is 7. The molecule has 0 aromatic heterocycles. The molecular formula is C14H25N. The van der Waals surface area contributed by atoms with Gasteiger partial charge in [-0.1, -0.05) is 51.0 Å². The zero-order valence-electron chi connectivity index (χ0n) is 10.4. The van der Waals surface area contributed by atoms with Crippen molar-refractivity contribution in [2.24, 2.45) is 11.7 Å². The average molecular weight is 207 g/mol. The van der Waals surface area contributed by atoms with Crippen molar-refractivity contribution in [1.82, 2.24) is 0 Å². The van der Waals surface area contributed by atoms with Gasteiger partial charge in [0.1, 0.15) is 0 Å². The lowest BCUT2D eigenvalue weighted by Crippen LogP contribution is -2.01. The molecule has 0 aliphatic heterocycles. The number of allylic oxidation sites excluding steroid dienone is 5.